The van der Waals surface area contributed by atoms with Crippen LogP contribution in [0.2, 0.25) is 0 Å². The van der Waals surface area contributed by atoms with E-state index in [1.165, 1.54) is 33.2 Å². The largest absolute Gasteiger partial charge is 0.455 e. The summed E-state index contributed by atoms with van der Waals surface area (Å²) < 4.78 is 8.72. The van der Waals surface area contributed by atoms with E-state index >= 15 is 0 Å². The van der Waals surface area contributed by atoms with Crippen LogP contribution in [0, 0.1) is 6.57 Å². The molecular weight excluding hydrogens is 545 g/mol. The molecule has 0 saturated heterocycles. The Hall–Kier alpha value is -5.24. The molecule has 0 atom stereocenters. The number of hydrogen-bond donors (Lipinski definition) is 0. The minimum absolute atomic E-state index is 0.664. The molecule has 1 aliphatic rings. The molecule has 202 valence electrons. The molecule has 0 amide bonds. The Morgan fingerprint density at radius 1 is 0.605 bits per heavy atom. The molecule has 0 aliphatic carbocycles. The van der Waals surface area contributed by atoms with Gasteiger partial charge in [0, 0.05) is 38.9 Å². The summed E-state index contributed by atoms with van der Waals surface area (Å²) in [6, 6.07) is 43.0. The van der Waals surface area contributed by atoms with Gasteiger partial charge in [-0.2, -0.15) is 11.8 Å². The molecule has 4 heteroatoms. The lowest BCUT2D eigenvalue weighted by molar-refractivity contribution is 0.670. The first-order valence-corrected chi connectivity index (χ1v) is 15.6. The van der Waals surface area contributed by atoms with Gasteiger partial charge in [-0.05, 0) is 75.7 Å². The second-order valence-corrected chi connectivity index (χ2v) is 12.1. The Kier molecular flexibility index (Phi) is 5.32. The van der Waals surface area contributed by atoms with Crippen molar-refractivity contribution >= 4 is 61.2 Å². The zero-order valence-electron chi connectivity index (χ0n) is 23.2. The minimum atomic E-state index is 0.664. The first-order valence-electron chi connectivity index (χ1n) is 14.4. The summed E-state index contributed by atoms with van der Waals surface area (Å²) in [5, 5.41) is 4.58. The maximum Gasteiger partial charge on any atom is 0.188 e. The zero-order chi connectivity index (χ0) is 28.5. The van der Waals surface area contributed by atoms with Crippen LogP contribution in [0.4, 0.5) is 5.69 Å². The molecular formula is C39H24N2OS. The van der Waals surface area contributed by atoms with Crippen molar-refractivity contribution in [1.82, 2.24) is 4.57 Å². The quantitative estimate of drug-likeness (QED) is 0.194. The van der Waals surface area contributed by atoms with Crippen LogP contribution in [0.15, 0.2) is 126 Å². The Balaban J connectivity index is 1.22. The van der Waals surface area contributed by atoms with Crippen molar-refractivity contribution in [2.75, 3.05) is 0 Å². The molecule has 1 aliphatic heterocycles. The van der Waals surface area contributed by atoms with Crippen LogP contribution in [-0.2, 0) is 11.5 Å². The summed E-state index contributed by atoms with van der Waals surface area (Å²) in [5.74, 6) is 1.93. The van der Waals surface area contributed by atoms with E-state index in [0.717, 1.165) is 61.1 Å². The van der Waals surface area contributed by atoms with E-state index in [1.807, 2.05) is 36.0 Å². The Bertz CT molecular complexity index is 2460. The van der Waals surface area contributed by atoms with Crippen LogP contribution in [-0.4, -0.2) is 4.57 Å². The summed E-state index contributed by atoms with van der Waals surface area (Å²) >= 11 is 1.97. The standard InChI is InChI=1S/C39H24N2OS/c1-40-27-15-18-37-35(20-27)31-7-2-4-11-36(31)41(37)28-16-13-25-22-43-23-26-19-24(14-17-29(26)34(25)21-28)30-9-6-10-33-32-8-3-5-12-38(32)42-39(30)33/h2-21H,22-23H2. The maximum atomic E-state index is 7.54. The lowest BCUT2D eigenvalue weighted by atomic mass is 9.92. The summed E-state index contributed by atoms with van der Waals surface area (Å²) in [7, 11) is 0. The Morgan fingerprint density at radius 2 is 1.42 bits per heavy atom. The lowest BCUT2D eigenvalue weighted by Gasteiger charge is -2.15. The van der Waals surface area contributed by atoms with Gasteiger partial charge >= 0.3 is 0 Å². The Morgan fingerprint density at radius 3 is 2.35 bits per heavy atom. The van der Waals surface area contributed by atoms with Crippen LogP contribution in [0.3, 0.4) is 0 Å². The van der Waals surface area contributed by atoms with E-state index in [9.17, 15) is 0 Å². The number of thioether (sulfide) groups is 1. The summed E-state index contributed by atoms with van der Waals surface area (Å²) in [6.45, 7) is 7.54. The number of furan rings is 1. The van der Waals surface area contributed by atoms with Gasteiger partial charge in [0.2, 0.25) is 0 Å². The predicted octanol–water partition coefficient (Wildman–Crippen LogP) is 11.3. The van der Waals surface area contributed by atoms with Crippen LogP contribution in [0.25, 0.3) is 76.5 Å². The van der Waals surface area contributed by atoms with Gasteiger partial charge in [0.1, 0.15) is 11.2 Å². The van der Waals surface area contributed by atoms with Gasteiger partial charge in [0.15, 0.2) is 5.69 Å². The highest BCUT2D eigenvalue weighted by atomic mass is 32.2. The molecule has 8 aromatic rings. The molecule has 0 radical (unpaired) electrons. The molecule has 3 nitrogen and oxygen atoms in total. The molecule has 0 spiro atoms. The number of benzene rings is 6. The minimum Gasteiger partial charge on any atom is -0.455 e. The fourth-order valence-electron chi connectivity index (χ4n) is 6.78. The monoisotopic (exact) mass is 568 g/mol. The van der Waals surface area contributed by atoms with E-state index in [2.05, 4.69) is 106 Å². The molecule has 2 aromatic heterocycles. The molecule has 0 unspecified atom stereocenters. The smallest absolute Gasteiger partial charge is 0.188 e. The average molecular weight is 569 g/mol. The van der Waals surface area contributed by atoms with Gasteiger partial charge in [-0.1, -0.05) is 78.9 Å². The van der Waals surface area contributed by atoms with Crippen LogP contribution >= 0.6 is 11.8 Å². The third-order valence-electron chi connectivity index (χ3n) is 8.76. The van der Waals surface area contributed by atoms with Crippen molar-refractivity contribution in [3.8, 4) is 27.9 Å². The first-order chi connectivity index (χ1) is 21.3. The topological polar surface area (TPSA) is 22.4 Å². The van der Waals surface area contributed by atoms with Crippen molar-refractivity contribution in [3.05, 3.63) is 144 Å². The molecule has 0 fully saturated rings. The van der Waals surface area contributed by atoms with E-state index in [1.54, 1.807) is 0 Å². The predicted molar refractivity (Wildman–Crippen MR) is 180 cm³/mol. The van der Waals surface area contributed by atoms with E-state index in [-0.39, 0.29) is 0 Å². The van der Waals surface area contributed by atoms with Gasteiger partial charge in [0.05, 0.1) is 17.6 Å². The number of rotatable bonds is 2. The van der Waals surface area contributed by atoms with Crippen molar-refractivity contribution in [1.29, 1.82) is 0 Å². The molecule has 0 bridgehead atoms. The molecule has 3 heterocycles. The highest BCUT2D eigenvalue weighted by Gasteiger charge is 2.20. The number of hydrogen-bond acceptors (Lipinski definition) is 2. The third-order valence-corrected chi connectivity index (χ3v) is 9.79. The molecule has 43 heavy (non-hydrogen) atoms. The third kappa shape index (κ3) is 3.69. The van der Waals surface area contributed by atoms with E-state index < -0.39 is 0 Å². The van der Waals surface area contributed by atoms with Crippen molar-refractivity contribution in [2.45, 2.75) is 11.5 Å². The molecule has 0 N–H and O–H groups in total. The fraction of sp³-hybridized carbons (Fsp3) is 0.0513. The van der Waals surface area contributed by atoms with Gasteiger partial charge in [0.25, 0.3) is 0 Å². The van der Waals surface area contributed by atoms with Crippen LogP contribution in [0.5, 0.6) is 0 Å². The summed E-state index contributed by atoms with van der Waals surface area (Å²) in [4.78, 5) is 3.69. The molecule has 0 saturated carbocycles. The van der Waals surface area contributed by atoms with Crippen molar-refractivity contribution in [3.63, 3.8) is 0 Å². The van der Waals surface area contributed by atoms with Gasteiger partial charge in [-0.3, -0.25) is 0 Å². The van der Waals surface area contributed by atoms with Crippen LogP contribution < -0.4 is 0 Å². The number of nitrogens with zero attached hydrogens (tertiary/aromatic N) is 2. The molecule has 6 aromatic carbocycles. The normalized spacial score (nSPS) is 12.8. The second kappa shape index (κ2) is 9.39. The molecule has 9 rings (SSSR count). The average Bonchev–Trinajstić information content (AvgIpc) is 3.54. The lowest BCUT2D eigenvalue weighted by Crippen LogP contribution is -1.97. The van der Waals surface area contributed by atoms with Gasteiger partial charge < -0.3 is 8.98 Å². The van der Waals surface area contributed by atoms with Crippen molar-refractivity contribution < 1.29 is 4.42 Å². The fourth-order valence-corrected chi connectivity index (χ4v) is 7.81. The van der Waals surface area contributed by atoms with Gasteiger partial charge in [-0.25, -0.2) is 4.85 Å². The van der Waals surface area contributed by atoms with Gasteiger partial charge in [-0.15, -0.1) is 0 Å². The zero-order valence-corrected chi connectivity index (χ0v) is 24.0. The highest BCUT2D eigenvalue weighted by Crippen LogP contribution is 2.42. The van der Waals surface area contributed by atoms with Crippen molar-refractivity contribution in [2.24, 2.45) is 0 Å². The van der Waals surface area contributed by atoms with E-state index in [4.69, 9.17) is 11.0 Å². The first kappa shape index (κ1) is 24.4. The number of aromatic nitrogens is 1. The highest BCUT2D eigenvalue weighted by molar-refractivity contribution is 7.97. The Labute approximate surface area is 252 Å². The number of fused-ring (bicyclic) bond motifs is 9. The maximum absolute atomic E-state index is 7.54. The van der Waals surface area contributed by atoms with E-state index in [0.29, 0.717) is 5.69 Å². The summed E-state index contributed by atoms with van der Waals surface area (Å²) in [6.07, 6.45) is 0. The van der Waals surface area contributed by atoms with Crippen LogP contribution in [0.1, 0.15) is 11.1 Å². The number of para-hydroxylation sites is 3. The summed E-state index contributed by atoms with van der Waals surface area (Å²) in [5.41, 5.74) is 13.5. The second-order valence-electron chi connectivity index (χ2n) is 11.2. The SMILES string of the molecule is [C-]#[N+]c1ccc2c(c1)c1ccccc1n2-c1ccc2c(c1)-c1ccc(-c3cccc4c3oc3ccccc34)cc1CSC2.